The molecule has 0 aliphatic carbocycles. The van der Waals surface area contributed by atoms with Gasteiger partial charge < -0.3 is 42.0 Å². The van der Waals surface area contributed by atoms with Gasteiger partial charge in [0.25, 0.3) is 0 Å². The van der Waals surface area contributed by atoms with E-state index < -0.39 is 30.0 Å². The van der Waals surface area contributed by atoms with Crippen molar-refractivity contribution in [2.45, 2.75) is 106 Å². The molecule has 7 N–H and O–H groups in total. The number of hydroxylamine groups is 2. The lowest BCUT2D eigenvalue weighted by molar-refractivity contribution is -0.205. The summed E-state index contributed by atoms with van der Waals surface area (Å²) in [4.78, 5) is 79.3. The third-order valence-corrected chi connectivity index (χ3v) is 6.21. The van der Waals surface area contributed by atoms with Crippen LogP contribution in [0.15, 0.2) is 24.3 Å². The number of urea groups is 1. The van der Waals surface area contributed by atoms with Crippen LogP contribution in [0.1, 0.15) is 92.6 Å². The van der Waals surface area contributed by atoms with Crippen LogP contribution < -0.4 is 32.3 Å². The number of carbonyl (C=O) groups is 6. The SMILES string of the molecule is CC.CC.CCC.CCC(=O)NCC(=O)NC(CCCNC(N)=O)C(=O)Nc1ccc(COC(=O)NCC(=O)N2CCCC2ON(C)C)cc1. The summed E-state index contributed by atoms with van der Waals surface area (Å²) in [6.07, 6.45) is 2.43. The first-order chi connectivity index (χ1) is 23.9. The molecule has 50 heavy (non-hydrogen) atoms. The zero-order valence-electron chi connectivity index (χ0n) is 31.5. The lowest BCUT2D eigenvalue weighted by Gasteiger charge is -2.26. The number of hydrogen-bond acceptors (Lipinski definition) is 9. The number of alkyl carbamates (subject to hydrolysis) is 1. The molecule has 0 radical (unpaired) electrons. The zero-order valence-corrected chi connectivity index (χ0v) is 31.5. The molecule has 7 amide bonds. The molecule has 0 saturated carbocycles. The van der Waals surface area contributed by atoms with Crippen LogP contribution in [0.5, 0.6) is 0 Å². The lowest BCUT2D eigenvalue weighted by Crippen LogP contribution is -2.47. The number of benzene rings is 1. The fourth-order valence-electron chi connectivity index (χ4n) is 4.07. The first-order valence-electron chi connectivity index (χ1n) is 17.4. The molecule has 16 nitrogen and oxygen atoms in total. The molecule has 1 aromatic rings. The Hall–Kier alpha value is -4.44. The Balaban J connectivity index is 0. The molecule has 2 unspecified atom stereocenters. The van der Waals surface area contributed by atoms with Crippen LogP contribution in [0.4, 0.5) is 15.3 Å². The molecular weight excluding hydrogens is 648 g/mol. The van der Waals surface area contributed by atoms with Gasteiger partial charge in [0.05, 0.1) is 6.54 Å². The molecule has 1 fully saturated rings. The maximum atomic E-state index is 12.9. The van der Waals surface area contributed by atoms with Gasteiger partial charge in [-0.3, -0.25) is 24.0 Å². The number of hydrogen-bond donors (Lipinski definition) is 6. The average Bonchev–Trinajstić information content (AvgIpc) is 3.56. The number of nitrogens with two attached hydrogens (primary N) is 1. The molecule has 1 saturated heterocycles. The largest absolute Gasteiger partial charge is 0.445 e. The van der Waals surface area contributed by atoms with E-state index in [1.54, 1.807) is 50.2 Å². The summed E-state index contributed by atoms with van der Waals surface area (Å²) in [5.41, 5.74) is 6.12. The summed E-state index contributed by atoms with van der Waals surface area (Å²) in [6.45, 7) is 14.1. The van der Waals surface area contributed by atoms with Crippen LogP contribution in [0, 0.1) is 0 Å². The second-order valence-electron chi connectivity index (χ2n) is 10.6. The Kier molecular flexibility index (Phi) is 28.1. The third kappa shape index (κ3) is 22.2. The van der Waals surface area contributed by atoms with E-state index in [-0.39, 0.29) is 57.1 Å². The van der Waals surface area contributed by atoms with Crippen molar-refractivity contribution in [3.8, 4) is 0 Å². The summed E-state index contributed by atoms with van der Waals surface area (Å²) < 4.78 is 5.19. The van der Waals surface area contributed by atoms with Gasteiger partial charge in [-0.05, 0) is 43.4 Å². The molecule has 16 heteroatoms. The minimum Gasteiger partial charge on any atom is -0.445 e. The predicted molar refractivity (Wildman–Crippen MR) is 193 cm³/mol. The van der Waals surface area contributed by atoms with Gasteiger partial charge in [0.15, 0.2) is 6.23 Å². The number of amides is 7. The Morgan fingerprint density at radius 3 is 2.10 bits per heavy atom. The standard InChI is InChI=1S/C27H42N8O8.C3H8.2C2H6/c1-4-21(36)30-15-22(37)33-20(7-5-13-29-26(28)40)25(39)32-19-11-9-18(10-12-19)17-42-27(41)31-16-23(38)35-14-6-8-24(35)43-34(2)3;1-3-2;2*1-2/h9-12,20,24H,4-8,13-17H2,1-3H3,(H,30,36)(H,31,41)(H,32,39)(H,33,37)(H3,28,29,40);3H2,1-2H3;2*1-2H3. The maximum absolute atomic E-state index is 12.9. The van der Waals surface area contributed by atoms with Crippen LogP contribution >= 0.6 is 0 Å². The summed E-state index contributed by atoms with van der Waals surface area (Å²) in [6, 6.07) is 4.85. The normalized spacial score (nSPS) is 13.4. The molecule has 2 rings (SSSR count). The monoisotopic (exact) mass is 710 g/mol. The van der Waals surface area contributed by atoms with E-state index in [0.717, 1.165) is 6.42 Å². The fourth-order valence-corrected chi connectivity index (χ4v) is 4.07. The van der Waals surface area contributed by atoms with E-state index in [4.69, 9.17) is 15.3 Å². The number of primary amides is 1. The molecule has 286 valence electrons. The third-order valence-electron chi connectivity index (χ3n) is 6.21. The van der Waals surface area contributed by atoms with Gasteiger partial charge in [-0.15, -0.1) is 0 Å². The average molecular weight is 711 g/mol. The smallest absolute Gasteiger partial charge is 0.407 e. The van der Waals surface area contributed by atoms with Gasteiger partial charge in [0, 0.05) is 39.3 Å². The van der Waals surface area contributed by atoms with Crippen molar-refractivity contribution in [2.75, 3.05) is 45.6 Å². The first kappa shape index (κ1) is 47.7. The number of carbonyl (C=O) groups excluding carboxylic acids is 6. The van der Waals surface area contributed by atoms with E-state index in [1.807, 2.05) is 27.7 Å². The minimum atomic E-state index is -0.944. The van der Waals surface area contributed by atoms with Crippen molar-refractivity contribution in [3.63, 3.8) is 0 Å². The van der Waals surface area contributed by atoms with Crippen LogP contribution in [-0.4, -0.2) is 98.3 Å². The van der Waals surface area contributed by atoms with E-state index in [2.05, 4.69) is 40.4 Å². The number of anilines is 1. The van der Waals surface area contributed by atoms with E-state index in [0.29, 0.717) is 30.6 Å². The Morgan fingerprint density at radius 2 is 1.54 bits per heavy atom. The number of nitrogens with zero attached hydrogens (tertiary/aromatic N) is 2. The second kappa shape index (κ2) is 29.5. The van der Waals surface area contributed by atoms with Gasteiger partial charge in [-0.25, -0.2) is 9.59 Å². The van der Waals surface area contributed by atoms with Gasteiger partial charge >= 0.3 is 12.1 Å². The Labute approximate surface area is 297 Å². The molecular formula is C34H62N8O8. The number of likely N-dealkylation sites (tertiary alicyclic amines) is 1. The van der Waals surface area contributed by atoms with E-state index in [1.165, 1.54) is 11.5 Å². The minimum absolute atomic E-state index is 0.0701. The Bertz CT molecular complexity index is 1130. The van der Waals surface area contributed by atoms with E-state index >= 15 is 0 Å². The highest BCUT2D eigenvalue weighted by Crippen LogP contribution is 2.18. The quantitative estimate of drug-likeness (QED) is 0.110. The van der Waals surface area contributed by atoms with Gasteiger partial charge in [0.1, 0.15) is 19.2 Å². The van der Waals surface area contributed by atoms with Gasteiger partial charge in [0.2, 0.25) is 23.6 Å². The lowest BCUT2D eigenvalue weighted by atomic mass is 10.1. The molecule has 1 heterocycles. The molecule has 1 aliphatic heterocycles. The van der Waals surface area contributed by atoms with Gasteiger partial charge in [-0.2, -0.15) is 5.06 Å². The van der Waals surface area contributed by atoms with Crippen LogP contribution in [0.2, 0.25) is 0 Å². The van der Waals surface area contributed by atoms with Crippen molar-refractivity contribution in [1.29, 1.82) is 0 Å². The second-order valence-corrected chi connectivity index (χ2v) is 10.6. The molecule has 1 aromatic carbocycles. The molecule has 2 atom stereocenters. The summed E-state index contributed by atoms with van der Waals surface area (Å²) >= 11 is 0. The van der Waals surface area contributed by atoms with Gasteiger partial charge in [-0.1, -0.05) is 67.0 Å². The maximum Gasteiger partial charge on any atom is 0.407 e. The van der Waals surface area contributed by atoms with Crippen LogP contribution in [0.25, 0.3) is 0 Å². The molecule has 1 aliphatic rings. The van der Waals surface area contributed by atoms with Crippen molar-refractivity contribution in [1.82, 2.24) is 31.2 Å². The topological polar surface area (TPSA) is 214 Å². The van der Waals surface area contributed by atoms with Crippen molar-refractivity contribution < 1.29 is 38.3 Å². The molecule has 0 spiro atoms. The highest BCUT2D eigenvalue weighted by molar-refractivity contribution is 5.97. The molecule has 0 bridgehead atoms. The predicted octanol–water partition coefficient (Wildman–Crippen LogP) is 3.22. The van der Waals surface area contributed by atoms with E-state index in [9.17, 15) is 28.8 Å². The summed E-state index contributed by atoms with van der Waals surface area (Å²) in [7, 11) is 3.47. The summed E-state index contributed by atoms with van der Waals surface area (Å²) in [5, 5.41) is 14.2. The Morgan fingerprint density at radius 1 is 0.920 bits per heavy atom. The number of ether oxygens (including phenoxy) is 1. The zero-order chi connectivity index (χ0) is 38.5. The first-order valence-corrected chi connectivity index (χ1v) is 17.4. The van der Waals surface area contributed by atoms with Crippen molar-refractivity contribution in [3.05, 3.63) is 29.8 Å². The highest BCUT2D eigenvalue weighted by atomic mass is 16.7. The van der Waals surface area contributed by atoms with Crippen LogP contribution in [-0.2, 0) is 35.4 Å². The summed E-state index contributed by atoms with van der Waals surface area (Å²) in [5.74, 6) is -1.62. The number of nitrogens with one attached hydrogen (secondary N) is 5. The van der Waals surface area contributed by atoms with Crippen molar-refractivity contribution in [2.24, 2.45) is 5.73 Å². The fraction of sp³-hybridized carbons (Fsp3) is 0.647. The molecule has 0 aromatic heterocycles. The van der Waals surface area contributed by atoms with Crippen LogP contribution in [0.3, 0.4) is 0 Å². The van der Waals surface area contributed by atoms with Crippen molar-refractivity contribution >= 4 is 41.4 Å². The number of rotatable bonds is 16. The highest BCUT2D eigenvalue weighted by Gasteiger charge is 2.30.